The highest BCUT2D eigenvalue weighted by atomic mass is 32.2. The van der Waals surface area contributed by atoms with Crippen molar-refractivity contribution in [3.05, 3.63) is 89.1 Å². The number of H-pyrrole nitrogens is 1. The molecule has 10 nitrogen and oxygen atoms in total. The van der Waals surface area contributed by atoms with Crippen LogP contribution in [0.3, 0.4) is 0 Å². The van der Waals surface area contributed by atoms with Gasteiger partial charge in [-0.3, -0.25) is 10.1 Å². The molecule has 2 amide bonds. The minimum absolute atomic E-state index is 0.0430. The van der Waals surface area contributed by atoms with E-state index >= 15 is 0 Å². The summed E-state index contributed by atoms with van der Waals surface area (Å²) in [5.41, 5.74) is 2.16. The second-order valence-corrected chi connectivity index (χ2v) is 13.6. The predicted molar refractivity (Wildman–Crippen MR) is 180 cm³/mol. The zero-order valence-corrected chi connectivity index (χ0v) is 27.7. The summed E-state index contributed by atoms with van der Waals surface area (Å²) in [6.45, 7) is 5.30. The van der Waals surface area contributed by atoms with Gasteiger partial charge in [0, 0.05) is 45.4 Å². The Hall–Kier alpha value is -4.79. The highest BCUT2D eigenvalue weighted by Crippen LogP contribution is 2.37. The molecule has 4 aromatic rings. The number of aromatic amines is 1. The monoisotopic (exact) mass is 657 g/mol. The molecular formula is C36H39N3O7S. The molecule has 1 heterocycles. The first-order valence-electron chi connectivity index (χ1n) is 15.6. The Morgan fingerprint density at radius 1 is 1.09 bits per heavy atom. The third kappa shape index (κ3) is 7.79. The number of fused-ring (bicyclic) bond motifs is 1. The first-order chi connectivity index (χ1) is 22.4. The van der Waals surface area contributed by atoms with Crippen LogP contribution in [0.15, 0.2) is 71.8 Å². The van der Waals surface area contributed by atoms with Crippen LogP contribution < -0.4 is 14.8 Å². The van der Waals surface area contributed by atoms with Gasteiger partial charge in [-0.1, -0.05) is 43.9 Å². The van der Waals surface area contributed by atoms with Crippen molar-refractivity contribution in [3.63, 3.8) is 0 Å². The van der Waals surface area contributed by atoms with E-state index in [-0.39, 0.29) is 28.0 Å². The molecule has 1 fully saturated rings. The highest BCUT2D eigenvalue weighted by Gasteiger charge is 2.25. The lowest BCUT2D eigenvalue weighted by Crippen LogP contribution is -2.31. The van der Waals surface area contributed by atoms with E-state index in [9.17, 15) is 23.1 Å². The van der Waals surface area contributed by atoms with Crippen LogP contribution in [0.5, 0.6) is 5.75 Å². The summed E-state index contributed by atoms with van der Waals surface area (Å²) in [5.74, 6) is 4.79. The number of nitrogens with one attached hydrogen (secondary N) is 3. The van der Waals surface area contributed by atoms with Crippen LogP contribution in [0.2, 0.25) is 0 Å². The van der Waals surface area contributed by atoms with Crippen LogP contribution in [0, 0.1) is 11.8 Å². The fraction of sp³-hybridized carbons (Fsp3) is 0.333. The Kier molecular flexibility index (Phi) is 9.94. The van der Waals surface area contributed by atoms with Crippen LogP contribution in [0.4, 0.5) is 10.5 Å². The number of hydrogen-bond donors (Lipinski definition) is 4. The van der Waals surface area contributed by atoms with Crippen LogP contribution >= 0.6 is 0 Å². The van der Waals surface area contributed by atoms with E-state index in [0.717, 1.165) is 47.7 Å². The Morgan fingerprint density at radius 2 is 1.83 bits per heavy atom. The third-order valence-electron chi connectivity index (χ3n) is 8.52. The normalized spacial score (nSPS) is 15.3. The number of ether oxygens (including phenoxy) is 2. The van der Waals surface area contributed by atoms with E-state index in [1.54, 1.807) is 32.0 Å². The number of rotatable bonds is 9. The molecule has 0 spiro atoms. The van der Waals surface area contributed by atoms with Crippen molar-refractivity contribution < 1.29 is 32.6 Å². The Balaban J connectivity index is 1.36. The summed E-state index contributed by atoms with van der Waals surface area (Å²) in [5, 5.41) is 14.0. The molecule has 246 valence electrons. The number of benzene rings is 3. The van der Waals surface area contributed by atoms with E-state index in [1.807, 2.05) is 31.3 Å². The van der Waals surface area contributed by atoms with Gasteiger partial charge in [0.1, 0.15) is 22.4 Å². The molecule has 1 saturated carbocycles. The average Bonchev–Trinajstić information content (AvgIpc) is 3.73. The van der Waals surface area contributed by atoms with Gasteiger partial charge in [-0.2, -0.15) is 0 Å². The van der Waals surface area contributed by atoms with Gasteiger partial charge in [-0.15, -0.1) is 0 Å². The molecule has 11 heteroatoms. The molecule has 1 aromatic heterocycles. The minimum Gasteiger partial charge on any atom is -0.496 e. The minimum atomic E-state index is -4.31. The van der Waals surface area contributed by atoms with Crippen molar-refractivity contribution in [2.45, 2.75) is 75.4 Å². The maximum Gasteiger partial charge on any atom is 0.411 e. The Labute approximate surface area is 274 Å². The molecule has 3 aromatic carbocycles. The molecule has 0 aliphatic heterocycles. The number of anilines is 1. The summed E-state index contributed by atoms with van der Waals surface area (Å²) in [7, 11) is -2.82. The number of hydrogen-bond acceptors (Lipinski definition) is 7. The van der Waals surface area contributed by atoms with Crippen molar-refractivity contribution in [1.29, 1.82) is 0 Å². The summed E-state index contributed by atoms with van der Waals surface area (Å²) < 4.78 is 39.9. The van der Waals surface area contributed by atoms with Gasteiger partial charge in [0.25, 0.3) is 15.9 Å². The summed E-state index contributed by atoms with van der Waals surface area (Å²) in [4.78, 5) is 28.8. The number of carbonyl (C=O) groups excluding carboxylic acids is 2. The van der Waals surface area contributed by atoms with Gasteiger partial charge in [0.05, 0.1) is 7.11 Å². The standard InChI is InChI=1S/C36H39N3O7S/c1-5-36(3,42)19-18-24-10-6-9-13-33(24)47(43,44)39-34(40)25-14-16-28(32(20-25)45-4)23(2)30-22-37-31-17-15-26(21-29(30)31)38-35(41)46-27-11-7-8-12-27/h6,9-10,13-17,20-23,27,37,42H,5,7-8,11-12H2,1-4H3,(H,38,41)(H,39,40). The Bertz CT molecular complexity index is 1960. The van der Waals surface area contributed by atoms with Gasteiger partial charge in [-0.05, 0) is 87.1 Å². The molecule has 5 rings (SSSR count). The highest BCUT2D eigenvalue weighted by molar-refractivity contribution is 7.90. The summed E-state index contributed by atoms with van der Waals surface area (Å²) >= 11 is 0. The second-order valence-electron chi connectivity index (χ2n) is 11.9. The van der Waals surface area contributed by atoms with Crippen molar-refractivity contribution in [1.82, 2.24) is 9.71 Å². The number of amides is 2. The molecule has 0 radical (unpaired) electrons. The quantitative estimate of drug-likeness (QED) is 0.151. The number of aliphatic hydroxyl groups is 1. The summed E-state index contributed by atoms with van der Waals surface area (Å²) in [6, 6.07) is 16.4. The van der Waals surface area contributed by atoms with Crippen molar-refractivity contribution in [2.75, 3.05) is 12.4 Å². The fourth-order valence-corrected chi connectivity index (χ4v) is 6.73. The smallest absolute Gasteiger partial charge is 0.411 e. The van der Waals surface area contributed by atoms with Crippen LogP contribution in [-0.4, -0.2) is 49.3 Å². The van der Waals surface area contributed by atoms with Crippen LogP contribution in [0.25, 0.3) is 10.9 Å². The van der Waals surface area contributed by atoms with Crippen molar-refractivity contribution in [3.8, 4) is 17.6 Å². The molecule has 1 aliphatic carbocycles. The molecule has 47 heavy (non-hydrogen) atoms. The second kappa shape index (κ2) is 13.9. The van der Waals surface area contributed by atoms with Crippen LogP contribution in [-0.2, 0) is 14.8 Å². The van der Waals surface area contributed by atoms with E-state index in [2.05, 4.69) is 26.9 Å². The molecule has 0 saturated heterocycles. The van der Waals surface area contributed by atoms with Gasteiger partial charge < -0.3 is 19.6 Å². The predicted octanol–water partition coefficient (Wildman–Crippen LogP) is 6.45. The van der Waals surface area contributed by atoms with E-state index in [0.29, 0.717) is 17.9 Å². The SMILES string of the molecule is CCC(C)(O)C#Cc1ccccc1S(=O)(=O)NC(=O)c1ccc(C(C)c2c[nH]c3ccc(NC(=O)OC4CCCC4)cc23)c(OC)c1. The number of carbonyl (C=O) groups is 2. The summed E-state index contributed by atoms with van der Waals surface area (Å²) in [6.07, 6.45) is 5.64. The first kappa shape index (κ1) is 33.6. The van der Waals surface area contributed by atoms with E-state index in [1.165, 1.54) is 31.4 Å². The molecule has 0 bridgehead atoms. The van der Waals surface area contributed by atoms with Gasteiger partial charge in [-0.25, -0.2) is 17.9 Å². The lowest BCUT2D eigenvalue weighted by molar-refractivity contribution is 0.0980. The number of sulfonamides is 1. The van der Waals surface area contributed by atoms with Crippen molar-refractivity contribution >= 4 is 38.6 Å². The van der Waals surface area contributed by atoms with Gasteiger partial charge in [0.2, 0.25) is 0 Å². The lowest BCUT2D eigenvalue weighted by Gasteiger charge is -2.17. The molecule has 2 atom stereocenters. The van der Waals surface area contributed by atoms with Crippen LogP contribution in [0.1, 0.15) is 85.8 Å². The third-order valence-corrected chi connectivity index (χ3v) is 9.91. The molecule has 1 aliphatic rings. The zero-order valence-electron chi connectivity index (χ0n) is 26.8. The van der Waals surface area contributed by atoms with Gasteiger partial charge >= 0.3 is 6.09 Å². The number of aromatic nitrogens is 1. The molecule has 2 unspecified atom stereocenters. The first-order valence-corrected chi connectivity index (χ1v) is 17.1. The number of methoxy groups -OCH3 is 1. The largest absolute Gasteiger partial charge is 0.496 e. The maximum absolute atomic E-state index is 13.3. The Morgan fingerprint density at radius 3 is 2.55 bits per heavy atom. The molecule has 4 N–H and O–H groups in total. The average molecular weight is 658 g/mol. The fourth-order valence-electron chi connectivity index (χ4n) is 5.59. The maximum atomic E-state index is 13.3. The zero-order chi connectivity index (χ0) is 33.8. The molecular weight excluding hydrogens is 618 g/mol. The topological polar surface area (TPSA) is 147 Å². The van der Waals surface area contributed by atoms with E-state index in [4.69, 9.17) is 9.47 Å². The van der Waals surface area contributed by atoms with E-state index < -0.39 is 27.6 Å². The lowest BCUT2D eigenvalue weighted by atomic mass is 9.91. The van der Waals surface area contributed by atoms with Crippen molar-refractivity contribution in [2.24, 2.45) is 0 Å². The van der Waals surface area contributed by atoms with Gasteiger partial charge in [0.15, 0.2) is 0 Å².